The fourth-order valence-corrected chi connectivity index (χ4v) is 5.72. The number of hydrogen-bond acceptors (Lipinski definition) is 4. The van der Waals surface area contributed by atoms with Crippen molar-refractivity contribution in [3.63, 3.8) is 0 Å². The van der Waals surface area contributed by atoms with Crippen LogP contribution in [0.4, 0.5) is 4.39 Å². The summed E-state index contributed by atoms with van der Waals surface area (Å²) in [5.41, 5.74) is 4.30. The van der Waals surface area contributed by atoms with Crippen LogP contribution in [0.2, 0.25) is 5.02 Å². The van der Waals surface area contributed by atoms with Crippen molar-refractivity contribution < 1.29 is 18.7 Å². The Kier molecular flexibility index (Phi) is 6.83. The second-order valence-electron chi connectivity index (χ2n) is 9.88. The minimum Gasteiger partial charge on any atom is -0.491 e. The monoisotopic (exact) mass is 486 g/mol. The van der Waals surface area contributed by atoms with Gasteiger partial charge in [0.2, 0.25) is 0 Å². The molecule has 3 aliphatic rings. The van der Waals surface area contributed by atoms with Crippen molar-refractivity contribution >= 4 is 17.5 Å². The van der Waals surface area contributed by atoms with Crippen LogP contribution in [0, 0.1) is 19.7 Å². The van der Waals surface area contributed by atoms with E-state index in [1.807, 2.05) is 0 Å². The minimum atomic E-state index is -0.509. The van der Waals surface area contributed by atoms with Crippen molar-refractivity contribution in [1.29, 1.82) is 0 Å². The summed E-state index contributed by atoms with van der Waals surface area (Å²) in [7, 11) is 0. The third-order valence-electron chi connectivity index (χ3n) is 7.72. The number of benzene rings is 2. The summed E-state index contributed by atoms with van der Waals surface area (Å²) < 4.78 is 24.6. The van der Waals surface area contributed by atoms with Crippen molar-refractivity contribution in [2.75, 3.05) is 19.8 Å². The minimum absolute atomic E-state index is 0.0235. The molecule has 0 aliphatic carbocycles. The molecule has 3 aliphatic heterocycles. The predicted molar refractivity (Wildman–Crippen MR) is 130 cm³/mol. The second-order valence-corrected chi connectivity index (χ2v) is 10.3. The van der Waals surface area contributed by atoms with Crippen LogP contribution in [0.5, 0.6) is 5.75 Å². The zero-order valence-corrected chi connectivity index (χ0v) is 20.5. The number of hydrogen-bond donors (Lipinski definition) is 1. The standard InChI is InChI=1S/C27H32ClFN2O3/c1-16-17(2)26(34-15-23-14-33-23)8-4-18(16)9-10-31-21-5-6-22(31)13-20(12-21)30-27(32)19-3-7-25(29)24(28)11-19/h3-4,7-8,11,20-23H,5-6,9-10,12-15H2,1-2H3,(H,30,32)/t20?,21?,22?,23-/m0/s1. The van der Waals surface area contributed by atoms with Gasteiger partial charge in [0.25, 0.3) is 5.91 Å². The molecule has 0 aromatic heterocycles. The number of nitrogens with one attached hydrogen (secondary N) is 1. The van der Waals surface area contributed by atoms with E-state index in [1.165, 1.54) is 47.7 Å². The first-order valence-electron chi connectivity index (χ1n) is 12.2. The number of epoxide rings is 1. The van der Waals surface area contributed by atoms with Gasteiger partial charge < -0.3 is 14.8 Å². The third kappa shape index (κ3) is 5.09. The Hall–Kier alpha value is -2.15. The van der Waals surface area contributed by atoms with Crippen LogP contribution in [0.3, 0.4) is 0 Å². The molecule has 2 aromatic carbocycles. The molecule has 1 N–H and O–H groups in total. The van der Waals surface area contributed by atoms with E-state index in [4.69, 9.17) is 21.1 Å². The molecule has 2 unspecified atom stereocenters. The molecular formula is C27H32ClFN2O3. The summed E-state index contributed by atoms with van der Waals surface area (Å²) in [5, 5.41) is 3.13. The molecule has 2 aromatic rings. The Morgan fingerprint density at radius 2 is 1.91 bits per heavy atom. The summed E-state index contributed by atoms with van der Waals surface area (Å²) in [6, 6.07) is 9.55. The first kappa shape index (κ1) is 23.6. The summed E-state index contributed by atoms with van der Waals surface area (Å²) >= 11 is 5.85. The number of fused-ring (bicyclic) bond motifs is 2. The van der Waals surface area contributed by atoms with Crippen LogP contribution >= 0.6 is 11.6 Å². The molecule has 7 heteroatoms. The fourth-order valence-electron chi connectivity index (χ4n) is 5.54. The maximum absolute atomic E-state index is 13.4. The van der Waals surface area contributed by atoms with Crippen LogP contribution in [0.1, 0.15) is 52.7 Å². The molecule has 182 valence electrons. The van der Waals surface area contributed by atoms with E-state index >= 15 is 0 Å². The highest BCUT2D eigenvalue weighted by Gasteiger charge is 2.40. The first-order chi connectivity index (χ1) is 16.4. The topological polar surface area (TPSA) is 54.1 Å². The number of carbonyl (C=O) groups is 1. The van der Waals surface area contributed by atoms with E-state index in [0.717, 1.165) is 38.2 Å². The van der Waals surface area contributed by atoms with Gasteiger partial charge in [0.05, 0.1) is 11.6 Å². The number of amides is 1. The molecule has 0 saturated carbocycles. The van der Waals surface area contributed by atoms with E-state index in [1.54, 1.807) is 0 Å². The maximum atomic E-state index is 13.4. The smallest absolute Gasteiger partial charge is 0.251 e. The van der Waals surface area contributed by atoms with Gasteiger partial charge in [0.15, 0.2) is 0 Å². The molecule has 2 bridgehead atoms. The third-order valence-corrected chi connectivity index (χ3v) is 8.01. The van der Waals surface area contributed by atoms with Crippen LogP contribution in [-0.2, 0) is 11.2 Å². The zero-order valence-electron chi connectivity index (χ0n) is 19.8. The Morgan fingerprint density at radius 1 is 1.18 bits per heavy atom. The van der Waals surface area contributed by atoms with Crippen LogP contribution in [-0.4, -0.2) is 54.8 Å². The number of nitrogens with zero attached hydrogens (tertiary/aromatic N) is 1. The predicted octanol–water partition coefficient (Wildman–Crippen LogP) is 4.84. The summed E-state index contributed by atoms with van der Waals surface area (Å²) in [5.74, 6) is 0.266. The summed E-state index contributed by atoms with van der Waals surface area (Å²) in [6.45, 7) is 6.78. The van der Waals surface area contributed by atoms with Crippen molar-refractivity contribution in [3.05, 3.63) is 63.4 Å². The second kappa shape index (κ2) is 9.84. The average Bonchev–Trinajstić information content (AvgIpc) is 3.61. The summed E-state index contributed by atoms with van der Waals surface area (Å²) in [4.78, 5) is 15.3. The van der Waals surface area contributed by atoms with Crippen LogP contribution in [0.15, 0.2) is 30.3 Å². The summed E-state index contributed by atoms with van der Waals surface area (Å²) in [6.07, 6.45) is 5.52. The van der Waals surface area contributed by atoms with Crippen LogP contribution in [0.25, 0.3) is 0 Å². The van der Waals surface area contributed by atoms with Gasteiger partial charge in [-0.25, -0.2) is 4.39 Å². The Bertz CT molecular complexity index is 1060. The Balaban J connectivity index is 1.16. The molecule has 3 atom stereocenters. The largest absolute Gasteiger partial charge is 0.491 e. The Morgan fingerprint density at radius 3 is 2.59 bits per heavy atom. The number of ether oxygens (including phenoxy) is 2. The van der Waals surface area contributed by atoms with E-state index in [-0.39, 0.29) is 23.1 Å². The molecule has 3 saturated heterocycles. The van der Waals surface area contributed by atoms with Gasteiger partial charge in [-0.2, -0.15) is 0 Å². The molecule has 0 radical (unpaired) electrons. The van der Waals surface area contributed by atoms with Crippen molar-refractivity contribution in [1.82, 2.24) is 10.2 Å². The highest BCUT2D eigenvalue weighted by Crippen LogP contribution is 2.36. The zero-order chi connectivity index (χ0) is 23.8. The molecule has 5 rings (SSSR count). The lowest BCUT2D eigenvalue weighted by Crippen LogP contribution is -2.50. The van der Waals surface area contributed by atoms with Crippen LogP contribution < -0.4 is 10.1 Å². The lowest BCUT2D eigenvalue weighted by Gasteiger charge is -2.39. The van der Waals surface area contributed by atoms with Gasteiger partial charge in [-0.1, -0.05) is 17.7 Å². The Labute approximate surface area is 205 Å². The highest BCUT2D eigenvalue weighted by molar-refractivity contribution is 6.31. The fraction of sp³-hybridized carbons (Fsp3) is 0.519. The SMILES string of the molecule is Cc1c(CCN2C3CCC2CC(NC(=O)c2ccc(F)c(Cl)c2)C3)ccc(OC[C@@H]2CO2)c1C. The lowest BCUT2D eigenvalue weighted by molar-refractivity contribution is 0.0848. The molecule has 3 heterocycles. The van der Waals surface area contributed by atoms with Gasteiger partial charge >= 0.3 is 0 Å². The van der Waals surface area contributed by atoms with E-state index < -0.39 is 5.82 Å². The number of piperidine rings is 1. The van der Waals surface area contributed by atoms with Gasteiger partial charge in [-0.3, -0.25) is 9.69 Å². The van der Waals surface area contributed by atoms with Crippen molar-refractivity contribution in [2.24, 2.45) is 0 Å². The molecule has 1 amide bonds. The van der Waals surface area contributed by atoms with E-state index in [2.05, 4.69) is 36.2 Å². The quantitative estimate of drug-likeness (QED) is 0.542. The lowest BCUT2D eigenvalue weighted by atomic mass is 9.95. The highest BCUT2D eigenvalue weighted by atomic mass is 35.5. The number of carbonyl (C=O) groups excluding carboxylic acids is 1. The molecule has 34 heavy (non-hydrogen) atoms. The van der Waals surface area contributed by atoms with Gasteiger partial charge in [0.1, 0.15) is 24.3 Å². The maximum Gasteiger partial charge on any atom is 0.251 e. The van der Waals surface area contributed by atoms with Gasteiger partial charge in [-0.15, -0.1) is 0 Å². The first-order valence-corrected chi connectivity index (χ1v) is 12.6. The molecule has 5 nitrogen and oxygen atoms in total. The van der Waals surface area contributed by atoms with E-state index in [9.17, 15) is 9.18 Å². The molecule has 3 fully saturated rings. The normalized spacial score (nSPS) is 25.9. The van der Waals surface area contributed by atoms with Crippen molar-refractivity contribution in [2.45, 2.75) is 70.2 Å². The number of rotatable bonds is 8. The van der Waals surface area contributed by atoms with Gasteiger partial charge in [0, 0.05) is 30.2 Å². The average molecular weight is 487 g/mol. The molecular weight excluding hydrogens is 455 g/mol. The molecule has 0 spiro atoms. The van der Waals surface area contributed by atoms with Gasteiger partial charge in [-0.05, 0) is 86.9 Å². The number of halogens is 2. The van der Waals surface area contributed by atoms with Crippen molar-refractivity contribution in [3.8, 4) is 5.75 Å². The van der Waals surface area contributed by atoms with E-state index in [0.29, 0.717) is 24.3 Å².